The van der Waals surface area contributed by atoms with Gasteiger partial charge in [-0.1, -0.05) is 44.2 Å². The van der Waals surface area contributed by atoms with Crippen molar-refractivity contribution in [2.75, 3.05) is 11.9 Å². The number of ether oxygens (including phenoxy) is 1. The van der Waals surface area contributed by atoms with Crippen LogP contribution in [0.5, 0.6) is 6.01 Å². The number of aryl methyl sites for hydroxylation is 2. The SMILES string of the molecule is Cc1ccccc1-c1nc(OCC(C)C)nn1-c1ccc(NC(=O)c2ccc(C)c([N+](=O)[O-])c2)cc1. The highest BCUT2D eigenvalue weighted by Crippen LogP contribution is 2.27. The molecule has 9 heteroatoms. The maximum atomic E-state index is 12.7. The van der Waals surface area contributed by atoms with Crippen molar-refractivity contribution in [1.82, 2.24) is 14.8 Å². The van der Waals surface area contributed by atoms with E-state index in [4.69, 9.17) is 4.74 Å². The fourth-order valence-corrected chi connectivity index (χ4v) is 3.61. The predicted molar refractivity (Wildman–Crippen MR) is 138 cm³/mol. The number of rotatable bonds is 8. The lowest BCUT2D eigenvalue weighted by Gasteiger charge is -2.10. The van der Waals surface area contributed by atoms with Gasteiger partial charge in [-0.15, -0.1) is 5.10 Å². The molecule has 1 amide bonds. The van der Waals surface area contributed by atoms with Crippen molar-refractivity contribution in [3.8, 4) is 23.1 Å². The Kier molecular flexibility index (Phi) is 7.10. The minimum absolute atomic E-state index is 0.0941. The molecular weight excluding hydrogens is 458 g/mol. The fourth-order valence-electron chi connectivity index (χ4n) is 3.61. The Balaban J connectivity index is 1.61. The Bertz CT molecular complexity index is 1410. The van der Waals surface area contributed by atoms with E-state index in [2.05, 4.69) is 29.2 Å². The summed E-state index contributed by atoms with van der Waals surface area (Å²) in [6.07, 6.45) is 0. The van der Waals surface area contributed by atoms with Gasteiger partial charge in [0.15, 0.2) is 5.82 Å². The average molecular weight is 486 g/mol. The minimum Gasteiger partial charge on any atom is -0.462 e. The second kappa shape index (κ2) is 10.4. The molecule has 0 spiro atoms. The molecule has 0 atom stereocenters. The van der Waals surface area contributed by atoms with Gasteiger partial charge in [-0.3, -0.25) is 14.9 Å². The average Bonchev–Trinajstić information content (AvgIpc) is 3.27. The molecule has 184 valence electrons. The Morgan fingerprint density at radius 3 is 2.44 bits per heavy atom. The van der Waals surface area contributed by atoms with Crippen LogP contribution in [0.4, 0.5) is 11.4 Å². The first-order valence-corrected chi connectivity index (χ1v) is 11.6. The van der Waals surface area contributed by atoms with Crippen molar-refractivity contribution in [2.45, 2.75) is 27.7 Å². The highest BCUT2D eigenvalue weighted by Gasteiger charge is 2.18. The first-order valence-electron chi connectivity index (χ1n) is 11.6. The van der Waals surface area contributed by atoms with E-state index < -0.39 is 10.8 Å². The maximum Gasteiger partial charge on any atom is 0.336 e. The zero-order valence-corrected chi connectivity index (χ0v) is 20.6. The molecule has 1 N–H and O–H groups in total. The summed E-state index contributed by atoms with van der Waals surface area (Å²) < 4.78 is 7.50. The van der Waals surface area contributed by atoms with E-state index >= 15 is 0 Å². The molecular formula is C27H27N5O4. The molecule has 1 aromatic heterocycles. The van der Waals surface area contributed by atoms with Crippen LogP contribution in [-0.2, 0) is 0 Å². The van der Waals surface area contributed by atoms with E-state index in [9.17, 15) is 14.9 Å². The molecule has 1 heterocycles. The number of amides is 1. The number of benzene rings is 3. The van der Waals surface area contributed by atoms with Gasteiger partial charge in [-0.2, -0.15) is 4.98 Å². The fraction of sp³-hybridized carbons (Fsp3) is 0.222. The van der Waals surface area contributed by atoms with Crippen molar-refractivity contribution in [3.05, 3.63) is 93.5 Å². The molecule has 0 saturated carbocycles. The number of aromatic nitrogens is 3. The van der Waals surface area contributed by atoms with Gasteiger partial charge in [0.25, 0.3) is 11.6 Å². The lowest BCUT2D eigenvalue weighted by Crippen LogP contribution is -2.12. The van der Waals surface area contributed by atoms with E-state index in [0.717, 1.165) is 16.8 Å². The third-order valence-electron chi connectivity index (χ3n) is 5.56. The Morgan fingerprint density at radius 1 is 1.06 bits per heavy atom. The van der Waals surface area contributed by atoms with Crippen LogP contribution >= 0.6 is 0 Å². The summed E-state index contributed by atoms with van der Waals surface area (Å²) in [6.45, 7) is 8.26. The zero-order chi connectivity index (χ0) is 25.8. The van der Waals surface area contributed by atoms with Crippen LogP contribution in [-0.4, -0.2) is 32.2 Å². The molecule has 0 aliphatic rings. The second-order valence-corrected chi connectivity index (χ2v) is 8.91. The molecule has 4 rings (SSSR count). The van der Waals surface area contributed by atoms with Gasteiger partial charge < -0.3 is 10.1 Å². The standard InChI is InChI=1S/C27H27N5O4/c1-17(2)16-36-27-29-25(23-8-6-5-7-18(23)3)31(30-27)22-13-11-21(12-14-22)28-26(33)20-10-9-19(4)24(15-20)32(34)35/h5-15,17H,16H2,1-4H3,(H,28,33). The normalized spacial score (nSPS) is 10.9. The highest BCUT2D eigenvalue weighted by molar-refractivity contribution is 6.04. The number of nitrogens with one attached hydrogen (secondary N) is 1. The summed E-state index contributed by atoms with van der Waals surface area (Å²) in [6, 6.07) is 19.7. The largest absolute Gasteiger partial charge is 0.462 e. The molecule has 3 aromatic carbocycles. The van der Waals surface area contributed by atoms with Gasteiger partial charge >= 0.3 is 6.01 Å². The van der Waals surface area contributed by atoms with E-state index in [1.807, 2.05) is 43.3 Å². The molecule has 9 nitrogen and oxygen atoms in total. The summed E-state index contributed by atoms with van der Waals surface area (Å²) >= 11 is 0. The number of anilines is 1. The third-order valence-corrected chi connectivity index (χ3v) is 5.56. The maximum absolute atomic E-state index is 12.7. The van der Waals surface area contributed by atoms with Crippen molar-refractivity contribution in [1.29, 1.82) is 0 Å². The van der Waals surface area contributed by atoms with Crippen LogP contribution in [0.2, 0.25) is 0 Å². The molecule has 0 aliphatic carbocycles. The van der Waals surface area contributed by atoms with E-state index in [1.54, 1.807) is 35.9 Å². The second-order valence-electron chi connectivity index (χ2n) is 8.91. The molecule has 0 bridgehead atoms. The summed E-state index contributed by atoms with van der Waals surface area (Å²) in [4.78, 5) is 28.0. The van der Waals surface area contributed by atoms with Gasteiger partial charge in [0.2, 0.25) is 0 Å². The van der Waals surface area contributed by atoms with Crippen molar-refractivity contribution in [2.24, 2.45) is 5.92 Å². The first-order chi connectivity index (χ1) is 17.2. The number of hydrogen-bond donors (Lipinski definition) is 1. The Morgan fingerprint density at radius 2 is 1.78 bits per heavy atom. The molecule has 4 aromatic rings. The molecule has 0 saturated heterocycles. The smallest absolute Gasteiger partial charge is 0.336 e. The van der Waals surface area contributed by atoms with Crippen LogP contribution in [0.1, 0.15) is 35.3 Å². The number of carbonyl (C=O) groups is 1. The number of nitro benzene ring substituents is 1. The van der Waals surface area contributed by atoms with E-state index in [1.165, 1.54) is 6.07 Å². The van der Waals surface area contributed by atoms with Crippen molar-refractivity contribution >= 4 is 17.3 Å². The van der Waals surface area contributed by atoms with Crippen LogP contribution < -0.4 is 10.1 Å². The third kappa shape index (κ3) is 5.41. The number of nitrogens with zero attached hydrogens (tertiary/aromatic N) is 4. The monoisotopic (exact) mass is 485 g/mol. The summed E-state index contributed by atoms with van der Waals surface area (Å²) in [7, 11) is 0. The van der Waals surface area contributed by atoms with Gasteiger partial charge in [0.05, 0.1) is 17.2 Å². The van der Waals surface area contributed by atoms with Gasteiger partial charge in [-0.05, 0) is 55.7 Å². The van der Waals surface area contributed by atoms with Crippen LogP contribution in [0.3, 0.4) is 0 Å². The van der Waals surface area contributed by atoms with Gasteiger partial charge in [0, 0.05) is 28.4 Å². The van der Waals surface area contributed by atoms with Crippen molar-refractivity contribution < 1.29 is 14.5 Å². The lowest BCUT2D eigenvalue weighted by molar-refractivity contribution is -0.385. The van der Waals surface area contributed by atoms with Crippen LogP contribution in [0.25, 0.3) is 17.1 Å². The molecule has 0 radical (unpaired) electrons. The van der Waals surface area contributed by atoms with Gasteiger partial charge in [-0.25, -0.2) is 4.68 Å². The Hall–Kier alpha value is -4.53. The molecule has 36 heavy (non-hydrogen) atoms. The number of hydrogen-bond acceptors (Lipinski definition) is 6. The van der Waals surface area contributed by atoms with Crippen LogP contribution in [0.15, 0.2) is 66.7 Å². The topological polar surface area (TPSA) is 112 Å². The lowest BCUT2D eigenvalue weighted by atomic mass is 10.1. The Labute approximate surface area is 208 Å². The van der Waals surface area contributed by atoms with E-state index in [-0.39, 0.29) is 11.3 Å². The van der Waals surface area contributed by atoms with Gasteiger partial charge in [0.1, 0.15) is 0 Å². The molecule has 0 unspecified atom stereocenters. The zero-order valence-electron chi connectivity index (χ0n) is 20.6. The minimum atomic E-state index is -0.496. The highest BCUT2D eigenvalue weighted by atomic mass is 16.6. The molecule has 0 fully saturated rings. The number of nitro groups is 1. The molecule has 0 aliphatic heterocycles. The van der Waals surface area contributed by atoms with Crippen LogP contribution in [0, 0.1) is 29.9 Å². The summed E-state index contributed by atoms with van der Waals surface area (Å²) in [5.74, 6) is 0.545. The predicted octanol–water partition coefficient (Wildman–Crippen LogP) is 5.75. The first kappa shape index (κ1) is 24.6. The van der Waals surface area contributed by atoms with Crippen molar-refractivity contribution in [3.63, 3.8) is 0 Å². The number of carbonyl (C=O) groups excluding carboxylic acids is 1. The summed E-state index contributed by atoms with van der Waals surface area (Å²) in [5, 5.41) is 18.6. The van der Waals surface area contributed by atoms with E-state index in [0.29, 0.717) is 35.6 Å². The quantitative estimate of drug-likeness (QED) is 0.251. The summed E-state index contributed by atoms with van der Waals surface area (Å²) in [5.41, 5.74) is 3.88.